The standard InChI is InChI=1S/C34H37FN6OSi/c1-10-27-30-29(23-11-12-28(26(35)18-23)42-33-36-15-13-22(3)40-33)31(41(7)32(30)39-20-38-27)25-19-37-24(17-21(25)2)14-16-43(8,9)34(4,5)6/h11-13,15,17-20H,10H2,1-9H3. The molecule has 7 nitrogen and oxygen atoms in total. The molecule has 5 aromatic rings. The smallest absolute Gasteiger partial charge is 0.322 e. The zero-order valence-electron chi connectivity index (χ0n) is 26.3. The summed E-state index contributed by atoms with van der Waals surface area (Å²) in [6.07, 6.45) is 5.73. The van der Waals surface area contributed by atoms with Gasteiger partial charge in [0.15, 0.2) is 11.6 Å². The minimum Gasteiger partial charge on any atom is -0.421 e. The maximum atomic E-state index is 15.6. The molecule has 0 aliphatic rings. The van der Waals surface area contributed by atoms with E-state index in [0.29, 0.717) is 12.0 Å². The summed E-state index contributed by atoms with van der Waals surface area (Å²) in [5, 5.41) is 1.05. The fourth-order valence-electron chi connectivity index (χ4n) is 4.77. The third-order valence-electron chi connectivity index (χ3n) is 8.32. The largest absolute Gasteiger partial charge is 0.421 e. The SMILES string of the molecule is CCc1ncnc2c1c(-c1ccc(Oc3nccc(C)n3)c(F)c1)c(-c1cnc(C#C[Si](C)(C)C(C)(C)C)cc1C)n2C. The van der Waals surface area contributed by atoms with Gasteiger partial charge in [0.1, 0.15) is 25.7 Å². The molecule has 0 unspecified atom stereocenters. The highest BCUT2D eigenvalue weighted by atomic mass is 28.3. The first-order valence-corrected chi connectivity index (χ1v) is 17.4. The number of aromatic nitrogens is 6. The second-order valence-corrected chi connectivity index (χ2v) is 17.4. The summed E-state index contributed by atoms with van der Waals surface area (Å²) >= 11 is 0. The van der Waals surface area contributed by atoms with Crippen molar-refractivity contribution in [1.29, 1.82) is 0 Å². The van der Waals surface area contributed by atoms with Gasteiger partial charge in [-0.15, -0.1) is 5.54 Å². The zero-order chi connectivity index (χ0) is 31.1. The summed E-state index contributed by atoms with van der Waals surface area (Å²) in [6.45, 7) is 17.3. The molecule has 0 bridgehead atoms. The minimum atomic E-state index is -1.79. The van der Waals surface area contributed by atoms with E-state index in [4.69, 9.17) is 9.72 Å². The van der Waals surface area contributed by atoms with E-state index in [1.807, 2.05) is 36.9 Å². The zero-order valence-corrected chi connectivity index (χ0v) is 27.3. The van der Waals surface area contributed by atoms with Crippen LogP contribution in [0.25, 0.3) is 33.4 Å². The normalized spacial score (nSPS) is 11.9. The number of rotatable bonds is 5. The summed E-state index contributed by atoms with van der Waals surface area (Å²) < 4.78 is 23.3. The van der Waals surface area contributed by atoms with E-state index >= 15 is 4.39 Å². The molecule has 0 N–H and O–H groups in total. The topological polar surface area (TPSA) is 78.6 Å². The Kier molecular flexibility index (Phi) is 7.93. The number of hydrogen-bond acceptors (Lipinski definition) is 6. The van der Waals surface area contributed by atoms with Crippen LogP contribution in [0.3, 0.4) is 0 Å². The fourth-order valence-corrected chi connectivity index (χ4v) is 5.59. The van der Waals surface area contributed by atoms with Crippen LogP contribution in [0, 0.1) is 31.1 Å². The molecule has 0 saturated carbocycles. The van der Waals surface area contributed by atoms with E-state index in [-0.39, 0.29) is 16.8 Å². The van der Waals surface area contributed by atoms with Gasteiger partial charge in [-0.1, -0.05) is 52.8 Å². The third-order valence-corrected chi connectivity index (χ3v) is 12.8. The molecule has 4 aromatic heterocycles. The van der Waals surface area contributed by atoms with Crippen LogP contribution in [0.4, 0.5) is 4.39 Å². The van der Waals surface area contributed by atoms with Gasteiger partial charge in [0.25, 0.3) is 0 Å². The number of fused-ring (bicyclic) bond motifs is 1. The molecule has 0 spiro atoms. The number of benzene rings is 1. The van der Waals surface area contributed by atoms with Crippen LogP contribution >= 0.6 is 0 Å². The van der Waals surface area contributed by atoms with Gasteiger partial charge in [-0.05, 0) is 60.7 Å². The van der Waals surface area contributed by atoms with Gasteiger partial charge in [-0.2, -0.15) is 0 Å². The van der Waals surface area contributed by atoms with Crippen molar-refractivity contribution in [2.24, 2.45) is 7.05 Å². The predicted octanol–water partition coefficient (Wildman–Crippen LogP) is 8.00. The van der Waals surface area contributed by atoms with Gasteiger partial charge in [0, 0.05) is 41.6 Å². The van der Waals surface area contributed by atoms with Crippen molar-refractivity contribution in [3.05, 3.63) is 77.5 Å². The van der Waals surface area contributed by atoms with Crippen LogP contribution in [-0.4, -0.2) is 37.6 Å². The molecule has 0 saturated heterocycles. The van der Waals surface area contributed by atoms with Crippen LogP contribution in [0.2, 0.25) is 18.1 Å². The molecule has 43 heavy (non-hydrogen) atoms. The molecular weight excluding hydrogens is 555 g/mol. The van der Waals surface area contributed by atoms with Crippen LogP contribution in [-0.2, 0) is 13.5 Å². The summed E-state index contributed by atoms with van der Waals surface area (Å²) in [6, 6.07) is 8.82. The maximum absolute atomic E-state index is 15.6. The van der Waals surface area contributed by atoms with E-state index < -0.39 is 13.9 Å². The molecule has 0 atom stereocenters. The van der Waals surface area contributed by atoms with Gasteiger partial charge < -0.3 is 9.30 Å². The number of nitrogens with zero attached hydrogens (tertiary/aromatic N) is 6. The summed E-state index contributed by atoms with van der Waals surface area (Å²) in [7, 11) is 0.184. The van der Waals surface area contributed by atoms with Gasteiger partial charge in [-0.25, -0.2) is 29.3 Å². The van der Waals surface area contributed by atoms with Crippen LogP contribution < -0.4 is 4.74 Å². The lowest BCUT2D eigenvalue weighted by Gasteiger charge is -2.31. The Balaban J connectivity index is 1.66. The van der Waals surface area contributed by atoms with Crippen molar-refractivity contribution in [3.63, 3.8) is 0 Å². The van der Waals surface area contributed by atoms with E-state index in [0.717, 1.165) is 50.5 Å². The minimum absolute atomic E-state index is 0.0469. The number of hydrogen-bond donors (Lipinski definition) is 0. The van der Waals surface area contributed by atoms with E-state index in [2.05, 4.69) is 79.1 Å². The van der Waals surface area contributed by atoms with E-state index in [1.165, 1.54) is 6.07 Å². The fraction of sp³-hybridized carbons (Fsp3) is 0.324. The van der Waals surface area contributed by atoms with Crippen molar-refractivity contribution >= 4 is 19.1 Å². The van der Waals surface area contributed by atoms with Crippen molar-refractivity contribution < 1.29 is 9.13 Å². The third kappa shape index (κ3) is 5.80. The Morgan fingerprint density at radius 1 is 1.02 bits per heavy atom. The second-order valence-electron chi connectivity index (χ2n) is 12.4. The lowest BCUT2D eigenvalue weighted by atomic mass is 9.96. The molecule has 0 amide bonds. The Hall–Kier alpha value is -4.42. The quantitative estimate of drug-likeness (QED) is 0.152. The predicted molar refractivity (Wildman–Crippen MR) is 172 cm³/mol. The first kappa shape index (κ1) is 30.0. The first-order chi connectivity index (χ1) is 20.3. The highest BCUT2D eigenvalue weighted by Gasteiger charge is 2.33. The van der Waals surface area contributed by atoms with Gasteiger partial charge in [0.05, 0.1) is 11.4 Å². The maximum Gasteiger partial charge on any atom is 0.322 e. The molecular formula is C34H37FN6OSi. The number of ether oxygens (including phenoxy) is 1. The Bertz CT molecular complexity index is 1910. The highest BCUT2D eigenvalue weighted by Crippen LogP contribution is 2.43. The molecule has 5 rings (SSSR count). The Morgan fingerprint density at radius 3 is 2.44 bits per heavy atom. The van der Waals surface area contributed by atoms with Crippen LogP contribution in [0.1, 0.15) is 50.3 Å². The number of aryl methyl sites for hydroxylation is 4. The van der Waals surface area contributed by atoms with Gasteiger partial charge >= 0.3 is 6.01 Å². The number of pyridine rings is 1. The van der Waals surface area contributed by atoms with Crippen molar-refractivity contribution in [1.82, 2.24) is 29.5 Å². The summed E-state index contributed by atoms with van der Waals surface area (Å²) in [5.74, 6) is 2.88. The molecule has 220 valence electrons. The summed E-state index contributed by atoms with van der Waals surface area (Å²) in [5.41, 5.74) is 11.0. The van der Waals surface area contributed by atoms with Crippen molar-refractivity contribution in [3.8, 4) is 45.6 Å². The molecule has 0 aliphatic carbocycles. The van der Waals surface area contributed by atoms with Crippen molar-refractivity contribution in [2.45, 2.75) is 66.1 Å². The van der Waals surface area contributed by atoms with Crippen molar-refractivity contribution in [2.75, 3.05) is 0 Å². The second kappa shape index (κ2) is 11.3. The molecule has 1 aromatic carbocycles. The monoisotopic (exact) mass is 592 g/mol. The van der Waals surface area contributed by atoms with E-state index in [9.17, 15) is 0 Å². The molecule has 9 heteroatoms. The average Bonchev–Trinajstić information content (AvgIpc) is 3.24. The van der Waals surface area contributed by atoms with Crippen LogP contribution in [0.5, 0.6) is 11.8 Å². The lowest BCUT2D eigenvalue weighted by molar-refractivity contribution is 0.410. The molecule has 0 radical (unpaired) electrons. The molecule has 0 aliphatic heterocycles. The Morgan fingerprint density at radius 2 is 1.79 bits per heavy atom. The molecule has 4 heterocycles. The lowest BCUT2D eigenvalue weighted by Crippen LogP contribution is -2.35. The first-order valence-electron chi connectivity index (χ1n) is 14.4. The highest BCUT2D eigenvalue weighted by molar-refractivity contribution is 6.87. The average molecular weight is 593 g/mol. The summed E-state index contributed by atoms with van der Waals surface area (Å²) in [4.78, 5) is 22.3. The Labute approximate surface area is 253 Å². The van der Waals surface area contributed by atoms with Gasteiger partial charge in [0.2, 0.25) is 0 Å². The number of halogens is 1. The van der Waals surface area contributed by atoms with E-state index in [1.54, 1.807) is 24.7 Å². The van der Waals surface area contributed by atoms with Crippen LogP contribution in [0.15, 0.2) is 49.1 Å². The van der Waals surface area contributed by atoms with Gasteiger partial charge in [-0.3, -0.25) is 0 Å². The molecule has 0 fully saturated rings.